The Morgan fingerprint density at radius 1 is 1.55 bits per heavy atom. The van der Waals surface area contributed by atoms with Crippen molar-refractivity contribution in [3.8, 4) is 0 Å². The molecule has 112 valence electrons. The number of amides is 1. The van der Waals surface area contributed by atoms with Gasteiger partial charge in [-0.25, -0.2) is 4.98 Å². The maximum absolute atomic E-state index is 12.3. The number of likely N-dealkylation sites (tertiary alicyclic amines) is 1. The van der Waals surface area contributed by atoms with Crippen LogP contribution >= 0.6 is 22.9 Å². The number of carbonyl (C=O) groups excluding carboxylic acids is 1. The molecule has 1 atom stereocenters. The van der Waals surface area contributed by atoms with E-state index in [1.807, 2.05) is 10.3 Å². The first kappa shape index (κ1) is 15.7. The molecule has 1 aliphatic rings. The lowest BCUT2D eigenvalue weighted by atomic mass is 10.2. The predicted octanol–water partition coefficient (Wildman–Crippen LogP) is 2.37. The Balaban J connectivity index is 1.88. The van der Waals surface area contributed by atoms with Crippen molar-refractivity contribution in [3.05, 3.63) is 16.1 Å². The molecule has 4 nitrogen and oxygen atoms in total. The van der Waals surface area contributed by atoms with E-state index < -0.39 is 0 Å². The third-order valence-corrected chi connectivity index (χ3v) is 5.05. The number of hydrogen-bond acceptors (Lipinski definition) is 4. The minimum atomic E-state index is 0.190. The van der Waals surface area contributed by atoms with Gasteiger partial charge in [0.1, 0.15) is 5.01 Å². The number of thiazole rings is 1. The van der Waals surface area contributed by atoms with Crippen LogP contribution in [0.5, 0.6) is 0 Å². The average molecular weight is 316 g/mol. The van der Waals surface area contributed by atoms with Crippen LogP contribution in [0.1, 0.15) is 31.0 Å². The van der Waals surface area contributed by atoms with E-state index in [0.29, 0.717) is 18.3 Å². The fourth-order valence-electron chi connectivity index (χ4n) is 2.74. The molecule has 6 heteroatoms. The number of alkyl halides is 1. The van der Waals surface area contributed by atoms with Crippen molar-refractivity contribution in [2.75, 3.05) is 26.2 Å². The molecule has 0 N–H and O–H groups in total. The molecule has 1 aromatic heterocycles. The minimum absolute atomic E-state index is 0.190. The van der Waals surface area contributed by atoms with Gasteiger partial charge in [0.05, 0.1) is 18.0 Å². The van der Waals surface area contributed by atoms with Gasteiger partial charge < -0.3 is 4.90 Å². The van der Waals surface area contributed by atoms with Crippen molar-refractivity contribution < 1.29 is 4.79 Å². The van der Waals surface area contributed by atoms with Crippen LogP contribution in [0.2, 0.25) is 0 Å². The van der Waals surface area contributed by atoms with E-state index in [9.17, 15) is 4.79 Å². The largest absolute Gasteiger partial charge is 0.341 e. The number of nitrogens with zero attached hydrogens (tertiary/aromatic N) is 3. The normalized spacial score (nSPS) is 19.0. The van der Waals surface area contributed by atoms with E-state index in [1.54, 1.807) is 0 Å². The van der Waals surface area contributed by atoms with Crippen molar-refractivity contribution in [2.45, 2.75) is 38.6 Å². The van der Waals surface area contributed by atoms with Crippen LogP contribution in [-0.4, -0.2) is 52.9 Å². The molecule has 1 aliphatic heterocycles. The summed E-state index contributed by atoms with van der Waals surface area (Å²) in [6.45, 7) is 8.18. The van der Waals surface area contributed by atoms with E-state index in [2.05, 4.69) is 23.7 Å². The van der Waals surface area contributed by atoms with Crippen molar-refractivity contribution >= 4 is 28.8 Å². The number of likely N-dealkylation sites (N-methyl/N-ethyl adjacent to an activating group) is 1. The number of carbonyl (C=O) groups is 1. The molecule has 2 rings (SSSR count). The zero-order valence-electron chi connectivity index (χ0n) is 12.1. The third-order valence-electron chi connectivity index (χ3n) is 3.88. The lowest BCUT2D eigenvalue weighted by Crippen LogP contribution is -2.39. The molecule has 0 aromatic carbocycles. The number of hydrogen-bond donors (Lipinski definition) is 0. The van der Waals surface area contributed by atoms with Crippen LogP contribution in [0.15, 0.2) is 5.38 Å². The predicted molar refractivity (Wildman–Crippen MR) is 83.3 cm³/mol. The highest BCUT2D eigenvalue weighted by Crippen LogP contribution is 2.18. The fourth-order valence-corrected chi connectivity index (χ4v) is 3.75. The topological polar surface area (TPSA) is 36.4 Å². The molecule has 2 heterocycles. The van der Waals surface area contributed by atoms with Gasteiger partial charge in [-0.15, -0.1) is 22.9 Å². The third kappa shape index (κ3) is 3.71. The van der Waals surface area contributed by atoms with E-state index >= 15 is 0 Å². The summed E-state index contributed by atoms with van der Waals surface area (Å²) in [7, 11) is 0. The van der Waals surface area contributed by atoms with Crippen molar-refractivity contribution in [1.29, 1.82) is 0 Å². The van der Waals surface area contributed by atoms with Crippen molar-refractivity contribution in [1.82, 2.24) is 14.8 Å². The highest BCUT2D eigenvalue weighted by Gasteiger charge is 2.29. The molecule has 1 fully saturated rings. The number of aromatic nitrogens is 1. The summed E-state index contributed by atoms with van der Waals surface area (Å²) in [5.41, 5.74) is 0.863. The summed E-state index contributed by atoms with van der Waals surface area (Å²) in [5.74, 6) is 0.605. The molecular weight excluding hydrogens is 294 g/mol. The Morgan fingerprint density at radius 3 is 2.90 bits per heavy atom. The number of halogens is 1. The Morgan fingerprint density at radius 2 is 2.30 bits per heavy atom. The monoisotopic (exact) mass is 315 g/mol. The van der Waals surface area contributed by atoms with Crippen LogP contribution < -0.4 is 0 Å². The molecule has 0 spiro atoms. The van der Waals surface area contributed by atoms with Gasteiger partial charge in [-0.2, -0.15) is 0 Å². The summed E-state index contributed by atoms with van der Waals surface area (Å²) in [6.07, 6.45) is 1.49. The maximum Gasteiger partial charge on any atom is 0.229 e. The molecule has 1 aromatic rings. The maximum atomic E-state index is 12.3. The second kappa shape index (κ2) is 7.38. The second-order valence-corrected chi connectivity index (χ2v) is 6.26. The molecular formula is C14H22ClN3OS. The van der Waals surface area contributed by atoms with Gasteiger partial charge in [-0.05, 0) is 19.5 Å². The van der Waals surface area contributed by atoms with Crippen LogP contribution in [0.4, 0.5) is 0 Å². The first-order valence-corrected chi connectivity index (χ1v) is 8.60. The Kier molecular flexibility index (Phi) is 5.81. The van der Waals surface area contributed by atoms with Gasteiger partial charge in [0.2, 0.25) is 5.91 Å². The summed E-state index contributed by atoms with van der Waals surface area (Å²) in [5, 5.41) is 2.80. The van der Waals surface area contributed by atoms with Gasteiger partial charge in [0.25, 0.3) is 0 Å². The Bertz CT molecular complexity index is 447. The van der Waals surface area contributed by atoms with Crippen LogP contribution in [0.25, 0.3) is 0 Å². The quantitative estimate of drug-likeness (QED) is 0.756. The smallest absolute Gasteiger partial charge is 0.229 e. The van der Waals surface area contributed by atoms with Crippen LogP contribution in [0, 0.1) is 0 Å². The second-order valence-electron chi connectivity index (χ2n) is 5.05. The Hall–Kier alpha value is -0.650. The summed E-state index contributed by atoms with van der Waals surface area (Å²) < 4.78 is 0. The van der Waals surface area contributed by atoms with Gasteiger partial charge in [-0.1, -0.05) is 13.8 Å². The van der Waals surface area contributed by atoms with E-state index in [0.717, 1.165) is 43.3 Å². The first-order valence-electron chi connectivity index (χ1n) is 7.19. The molecule has 20 heavy (non-hydrogen) atoms. The van der Waals surface area contributed by atoms with Gasteiger partial charge >= 0.3 is 0 Å². The van der Waals surface area contributed by atoms with Gasteiger partial charge in [0, 0.05) is 24.5 Å². The van der Waals surface area contributed by atoms with Crippen LogP contribution in [0.3, 0.4) is 0 Å². The van der Waals surface area contributed by atoms with E-state index in [4.69, 9.17) is 11.6 Å². The van der Waals surface area contributed by atoms with Gasteiger partial charge in [-0.3, -0.25) is 9.69 Å². The van der Waals surface area contributed by atoms with Crippen molar-refractivity contribution in [2.24, 2.45) is 0 Å². The van der Waals surface area contributed by atoms with Gasteiger partial charge in [0.15, 0.2) is 0 Å². The summed E-state index contributed by atoms with van der Waals surface area (Å²) >= 11 is 7.26. The van der Waals surface area contributed by atoms with Crippen molar-refractivity contribution in [3.63, 3.8) is 0 Å². The first-order chi connectivity index (χ1) is 9.67. The Labute approximate surface area is 129 Å². The lowest BCUT2D eigenvalue weighted by molar-refractivity contribution is -0.129. The average Bonchev–Trinajstić information content (AvgIpc) is 3.09. The highest BCUT2D eigenvalue weighted by molar-refractivity contribution is 7.09. The lowest BCUT2D eigenvalue weighted by Gasteiger charge is -2.26. The standard InChI is InChI=1S/C14H22ClN3OS/c1-3-17(4-2)12-5-6-18(9-12)14(19)7-13-16-11(8-15)10-20-13/h10,12H,3-9H2,1-2H3. The molecule has 0 saturated carbocycles. The van der Waals surface area contributed by atoms with Crippen LogP contribution in [-0.2, 0) is 17.1 Å². The molecule has 1 saturated heterocycles. The zero-order chi connectivity index (χ0) is 14.5. The zero-order valence-corrected chi connectivity index (χ0v) is 13.7. The minimum Gasteiger partial charge on any atom is -0.341 e. The highest BCUT2D eigenvalue weighted by atomic mass is 35.5. The molecule has 0 radical (unpaired) electrons. The van der Waals surface area contributed by atoms with E-state index in [1.165, 1.54) is 11.3 Å². The van der Waals surface area contributed by atoms with E-state index in [-0.39, 0.29) is 5.91 Å². The number of rotatable bonds is 6. The molecule has 1 amide bonds. The summed E-state index contributed by atoms with van der Waals surface area (Å²) in [6, 6.07) is 0.517. The fraction of sp³-hybridized carbons (Fsp3) is 0.714. The molecule has 0 bridgehead atoms. The SMILES string of the molecule is CCN(CC)C1CCN(C(=O)Cc2nc(CCl)cs2)C1. The summed E-state index contributed by atoms with van der Waals surface area (Å²) in [4.78, 5) is 21.1. The molecule has 0 aliphatic carbocycles. The molecule has 1 unspecified atom stereocenters.